The summed E-state index contributed by atoms with van der Waals surface area (Å²) in [5.41, 5.74) is 0. The highest BCUT2D eigenvalue weighted by Crippen LogP contribution is 2.14. The van der Waals surface area contributed by atoms with Crippen molar-refractivity contribution in [3.63, 3.8) is 0 Å². The van der Waals surface area contributed by atoms with Crippen LogP contribution in [0, 0.1) is 5.92 Å². The second-order valence-electron chi connectivity index (χ2n) is 3.13. The van der Waals surface area contributed by atoms with Crippen LogP contribution in [0.4, 0.5) is 0 Å². The maximum absolute atomic E-state index is 10.7. The first-order chi connectivity index (χ1) is 5.76. The van der Waals surface area contributed by atoms with Gasteiger partial charge in [0.15, 0.2) is 0 Å². The van der Waals surface area contributed by atoms with Gasteiger partial charge in [0.25, 0.3) is 0 Å². The molecule has 0 aromatic rings. The number of carbonyl (C=O) groups excluding carboxylic acids is 1. The number of rotatable bonds is 4. The van der Waals surface area contributed by atoms with Gasteiger partial charge in [-0.2, -0.15) is 0 Å². The average molecular weight is 173 g/mol. The molecular weight excluding hydrogens is 158 g/mol. The first-order valence-corrected chi connectivity index (χ1v) is 4.16. The summed E-state index contributed by atoms with van der Waals surface area (Å²) in [5.74, 6) is 0.255. The van der Waals surface area contributed by atoms with Crippen LogP contribution in [0.1, 0.15) is 6.42 Å². The lowest BCUT2D eigenvalue weighted by Crippen LogP contribution is -2.48. The highest BCUT2D eigenvalue weighted by Gasteiger charge is 2.25. The van der Waals surface area contributed by atoms with E-state index < -0.39 is 0 Å². The molecule has 0 aliphatic carbocycles. The summed E-state index contributed by atoms with van der Waals surface area (Å²) >= 11 is 0. The molecule has 0 radical (unpaired) electrons. The largest absolute Gasteiger partial charge is 0.469 e. The predicted molar refractivity (Wildman–Crippen MR) is 43.6 cm³/mol. The first-order valence-electron chi connectivity index (χ1n) is 4.16. The third-order valence-electron chi connectivity index (χ3n) is 2.15. The summed E-state index contributed by atoms with van der Waals surface area (Å²) in [5, 5.41) is 8.71. The molecular formula is C8H15NO3. The third-order valence-corrected chi connectivity index (χ3v) is 2.15. The van der Waals surface area contributed by atoms with Gasteiger partial charge in [-0.25, -0.2) is 0 Å². The number of methoxy groups -OCH3 is 1. The van der Waals surface area contributed by atoms with Gasteiger partial charge >= 0.3 is 5.97 Å². The molecule has 1 rings (SSSR count). The molecule has 0 unspecified atom stereocenters. The Morgan fingerprint density at radius 3 is 2.83 bits per heavy atom. The molecule has 0 bridgehead atoms. The zero-order valence-corrected chi connectivity index (χ0v) is 7.32. The van der Waals surface area contributed by atoms with Crippen molar-refractivity contribution in [1.82, 2.24) is 4.90 Å². The van der Waals surface area contributed by atoms with Gasteiger partial charge < -0.3 is 14.7 Å². The molecule has 0 spiro atoms. The average Bonchev–Trinajstić information content (AvgIpc) is 2.01. The monoisotopic (exact) mass is 173 g/mol. The maximum Gasteiger partial charge on any atom is 0.306 e. The van der Waals surface area contributed by atoms with Gasteiger partial charge in [0, 0.05) is 32.2 Å². The molecule has 1 fully saturated rings. The number of aliphatic hydroxyl groups is 1. The summed E-state index contributed by atoms with van der Waals surface area (Å²) in [4.78, 5) is 12.8. The van der Waals surface area contributed by atoms with E-state index in [-0.39, 0.29) is 12.6 Å². The van der Waals surface area contributed by atoms with Crippen molar-refractivity contribution in [2.24, 2.45) is 5.92 Å². The summed E-state index contributed by atoms with van der Waals surface area (Å²) in [6.45, 7) is 2.83. The minimum absolute atomic E-state index is 0.164. The number of ether oxygens (including phenoxy) is 1. The molecule has 4 heteroatoms. The SMILES string of the molecule is COC(=O)CCN1CC(CO)C1. The summed E-state index contributed by atoms with van der Waals surface area (Å²) < 4.78 is 4.51. The molecule has 1 aliphatic rings. The van der Waals surface area contributed by atoms with Crippen LogP contribution in [0.2, 0.25) is 0 Å². The summed E-state index contributed by atoms with van der Waals surface area (Å²) in [6, 6.07) is 0. The Morgan fingerprint density at radius 1 is 1.67 bits per heavy atom. The molecule has 0 aromatic carbocycles. The van der Waals surface area contributed by atoms with Crippen molar-refractivity contribution in [3.05, 3.63) is 0 Å². The van der Waals surface area contributed by atoms with Crippen LogP contribution in [0.3, 0.4) is 0 Å². The van der Waals surface area contributed by atoms with Crippen LogP contribution in [-0.2, 0) is 9.53 Å². The smallest absolute Gasteiger partial charge is 0.306 e. The van der Waals surface area contributed by atoms with Crippen molar-refractivity contribution < 1.29 is 14.6 Å². The second kappa shape index (κ2) is 4.42. The maximum atomic E-state index is 10.7. The lowest BCUT2D eigenvalue weighted by atomic mass is 10.0. The summed E-state index contributed by atoms with van der Waals surface area (Å²) in [7, 11) is 1.40. The van der Waals surface area contributed by atoms with Gasteiger partial charge in [0.05, 0.1) is 13.5 Å². The van der Waals surface area contributed by atoms with Crippen molar-refractivity contribution in [2.75, 3.05) is 33.4 Å². The van der Waals surface area contributed by atoms with Crippen LogP contribution < -0.4 is 0 Å². The van der Waals surface area contributed by atoms with Gasteiger partial charge in [-0.3, -0.25) is 4.79 Å². The standard InChI is InChI=1S/C8H15NO3/c1-12-8(11)2-3-9-4-7(5-9)6-10/h7,10H,2-6H2,1H3. The Balaban J connectivity index is 2.00. The van der Waals surface area contributed by atoms with Crippen molar-refractivity contribution >= 4 is 5.97 Å². The molecule has 0 atom stereocenters. The first kappa shape index (κ1) is 9.48. The molecule has 70 valence electrons. The Hall–Kier alpha value is -0.610. The number of carbonyl (C=O) groups is 1. The Kier molecular flexibility index (Phi) is 3.49. The van der Waals surface area contributed by atoms with Gasteiger partial charge in [0.1, 0.15) is 0 Å². The number of likely N-dealkylation sites (tertiary alicyclic amines) is 1. The molecule has 1 heterocycles. The molecule has 1 N–H and O–H groups in total. The van der Waals surface area contributed by atoms with E-state index >= 15 is 0 Å². The fourth-order valence-electron chi connectivity index (χ4n) is 1.33. The number of nitrogens with zero attached hydrogens (tertiary/aromatic N) is 1. The third kappa shape index (κ3) is 2.46. The van der Waals surface area contributed by atoms with E-state index in [9.17, 15) is 4.79 Å². The fraction of sp³-hybridized carbons (Fsp3) is 0.875. The molecule has 0 saturated carbocycles. The number of aliphatic hydroxyl groups excluding tert-OH is 1. The molecule has 12 heavy (non-hydrogen) atoms. The molecule has 4 nitrogen and oxygen atoms in total. The van der Waals surface area contributed by atoms with Crippen LogP contribution in [0.5, 0.6) is 0 Å². The molecule has 1 saturated heterocycles. The topological polar surface area (TPSA) is 49.8 Å². The van der Waals surface area contributed by atoms with E-state index in [1.54, 1.807) is 0 Å². The highest BCUT2D eigenvalue weighted by atomic mass is 16.5. The van der Waals surface area contributed by atoms with Crippen LogP contribution in [0.15, 0.2) is 0 Å². The minimum Gasteiger partial charge on any atom is -0.469 e. The van der Waals surface area contributed by atoms with E-state index in [1.807, 2.05) is 0 Å². The van der Waals surface area contributed by atoms with Crippen LogP contribution in [-0.4, -0.2) is 49.3 Å². The van der Waals surface area contributed by atoms with Gasteiger partial charge in [-0.15, -0.1) is 0 Å². The minimum atomic E-state index is -0.164. The van der Waals surface area contributed by atoms with E-state index in [4.69, 9.17) is 5.11 Å². The van der Waals surface area contributed by atoms with E-state index in [0.29, 0.717) is 12.3 Å². The fourth-order valence-corrected chi connectivity index (χ4v) is 1.33. The van der Waals surface area contributed by atoms with Crippen LogP contribution in [0.25, 0.3) is 0 Å². The molecule has 0 amide bonds. The van der Waals surface area contributed by atoms with Gasteiger partial charge in [-0.05, 0) is 0 Å². The lowest BCUT2D eigenvalue weighted by molar-refractivity contribution is -0.141. The number of esters is 1. The Labute approximate surface area is 72.1 Å². The van der Waals surface area contributed by atoms with Crippen molar-refractivity contribution in [3.8, 4) is 0 Å². The van der Waals surface area contributed by atoms with Crippen LogP contribution >= 0.6 is 0 Å². The van der Waals surface area contributed by atoms with Gasteiger partial charge in [-0.1, -0.05) is 0 Å². The molecule has 0 aromatic heterocycles. The predicted octanol–water partition coefficient (Wildman–Crippen LogP) is -0.526. The normalized spacial score (nSPS) is 18.8. The van der Waals surface area contributed by atoms with Gasteiger partial charge in [0.2, 0.25) is 0 Å². The van der Waals surface area contributed by atoms with Crippen molar-refractivity contribution in [1.29, 1.82) is 0 Å². The number of hydrogen-bond donors (Lipinski definition) is 1. The highest BCUT2D eigenvalue weighted by molar-refractivity contribution is 5.69. The van der Waals surface area contributed by atoms with E-state index in [1.165, 1.54) is 7.11 Å². The zero-order valence-electron chi connectivity index (χ0n) is 7.32. The van der Waals surface area contributed by atoms with E-state index in [0.717, 1.165) is 19.6 Å². The zero-order chi connectivity index (χ0) is 8.97. The molecule has 1 aliphatic heterocycles. The Morgan fingerprint density at radius 2 is 2.33 bits per heavy atom. The van der Waals surface area contributed by atoms with E-state index in [2.05, 4.69) is 9.64 Å². The van der Waals surface area contributed by atoms with Crippen molar-refractivity contribution in [2.45, 2.75) is 6.42 Å². The Bertz CT molecular complexity index is 154. The quantitative estimate of drug-likeness (QED) is 0.581. The summed E-state index contributed by atoms with van der Waals surface area (Å²) in [6.07, 6.45) is 0.453. The lowest BCUT2D eigenvalue weighted by Gasteiger charge is -2.37. The number of hydrogen-bond acceptors (Lipinski definition) is 4. The second-order valence-corrected chi connectivity index (χ2v) is 3.13.